The summed E-state index contributed by atoms with van der Waals surface area (Å²) in [5.74, 6) is -0.973. The van der Waals surface area contributed by atoms with E-state index >= 15 is 0 Å². The molecule has 2 aromatic heterocycles. The number of aromatic nitrogens is 4. The number of nitrogens with zero attached hydrogens (tertiary/aromatic N) is 6. The number of hydrogen-bond acceptors (Lipinski definition) is 7. The van der Waals surface area contributed by atoms with Crippen molar-refractivity contribution < 1.29 is 14.6 Å². The molecule has 0 unspecified atom stereocenters. The Balaban J connectivity index is 2.06. The minimum atomic E-state index is -0.690. The van der Waals surface area contributed by atoms with Crippen LogP contribution in [0.2, 0.25) is 0 Å². The fourth-order valence-electron chi connectivity index (χ4n) is 2.14. The zero-order valence-corrected chi connectivity index (χ0v) is 13.2. The van der Waals surface area contributed by atoms with Crippen molar-refractivity contribution in [3.8, 4) is 0 Å². The van der Waals surface area contributed by atoms with E-state index in [-0.39, 0.29) is 36.0 Å². The summed E-state index contributed by atoms with van der Waals surface area (Å²) in [6, 6.07) is 1.31. The van der Waals surface area contributed by atoms with Gasteiger partial charge in [-0.25, -0.2) is 0 Å². The Labute approximate surface area is 135 Å². The lowest BCUT2D eigenvalue weighted by Gasteiger charge is -2.02. The first kappa shape index (κ1) is 17.1. The van der Waals surface area contributed by atoms with Crippen LogP contribution in [-0.2, 0) is 13.6 Å². The van der Waals surface area contributed by atoms with E-state index in [9.17, 15) is 25.0 Å². The molecular formula is C12H15N7O5. The zero-order valence-electron chi connectivity index (χ0n) is 13.2. The van der Waals surface area contributed by atoms with Gasteiger partial charge in [0.15, 0.2) is 0 Å². The predicted molar refractivity (Wildman–Crippen MR) is 80.6 cm³/mol. The van der Waals surface area contributed by atoms with E-state index in [0.29, 0.717) is 5.69 Å². The SMILES string of the molecule is Cc1c([N+](=O)[O-])c(C(=O)NCCn2nc([N+](=O)[O-])cc2C)nn1C. The van der Waals surface area contributed by atoms with Crippen molar-refractivity contribution in [2.45, 2.75) is 20.4 Å². The van der Waals surface area contributed by atoms with Gasteiger partial charge in [-0.1, -0.05) is 0 Å². The molecule has 2 aromatic rings. The summed E-state index contributed by atoms with van der Waals surface area (Å²) in [7, 11) is 1.51. The Kier molecular flexibility index (Phi) is 4.57. The normalized spacial score (nSPS) is 10.6. The molecule has 0 saturated carbocycles. The van der Waals surface area contributed by atoms with E-state index in [4.69, 9.17) is 0 Å². The summed E-state index contributed by atoms with van der Waals surface area (Å²) >= 11 is 0. The summed E-state index contributed by atoms with van der Waals surface area (Å²) in [6.07, 6.45) is 0. The van der Waals surface area contributed by atoms with Crippen LogP contribution < -0.4 is 5.32 Å². The number of aryl methyl sites for hydroxylation is 2. The Morgan fingerprint density at radius 2 is 1.92 bits per heavy atom. The van der Waals surface area contributed by atoms with Gasteiger partial charge in [-0.15, -0.1) is 0 Å². The zero-order chi connectivity index (χ0) is 18.0. The molecule has 0 aliphatic rings. The average Bonchev–Trinajstić information content (AvgIpc) is 3.00. The standard InChI is InChI=1S/C12H15N7O5/c1-7-6-9(18(21)22)14-17(7)5-4-13-12(20)10-11(19(23)24)8(2)16(3)15-10/h6H,4-5H2,1-3H3,(H,13,20). The lowest BCUT2D eigenvalue weighted by molar-refractivity contribution is -0.389. The second-order valence-corrected chi connectivity index (χ2v) is 5.04. The monoisotopic (exact) mass is 337 g/mol. The number of hydrogen-bond donors (Lipinski definition) is 1. The summed E-state index contributed by atoms with van der Waals surface area (Å²) in [4.78, 5) is 32.5. The van der Waals surface area contributed by atoms with Crippen LogP contribution in [0.5, 0.6) is 0 Å². The predicted octanol–water partition coefficient (Wildman–Crippen LogP) is 0.480. The fourth-order valence-corrected chi connectivity index (χ4v) is 2.14. The molecular weight excluding hydrogens is 322 g/mol. The highest BCUT2D eigenvalue weighted by Gasteiger charge is 2.28. The molecule has 2 rings (SSSR count). The number of rotatable bonds is 6. The lowest BCUT2D eigenvalue weighted by atomic mass is 10.3. The highest BCUT2D eigenvalue weighted by Crippen LogP contribution is 2.21. The lowest BCUT2D eigenvalue weighted by Crippen LogP contribution is -2.28. The van der Waals surface area contributed by atoms with Crippen molar-refractivity contribution in [1.82, 2.24) is 24.9 Å². The van der Waals surface area contributed by atoms with Gasteiger partial charge in [-0.05, 0) is 18.8 Å². The first-order chi connectivity index (χ1) is 11.2. The third-order valence-corrected chi connectivity index (χ3v) is 3.46. The van der Waals surface area contributed by atoms with E-state index in [2.05, 4.69) is 15.5 Å². The molecule has 2 heterocycles. The minimum Gasteiger partial charge on any atom is -0.358 e. The summed E-state index contributed by atoms with van der Waals surface area (Å²) < 4.78 is 2.63. The molecule has 0 aromatic carbocycles. The highest BCUT2D eigenvalue weighted by atomic mass is 16.6. The van der Waals surface area contributed by atoms with Gasteiger partial charge in [-0.2, -0.15) is 9.78 Å². The quantitative estimate of drug-likeness (QED) is 0.594. The van der Waals surface area contributed by atoms with Crippen molar-refractivity contribution >= 4 is 17.4 Å². The molecule has 0 fully saturated rings. The van der Waals surface area contributed by atoms with Crippen LogP contribution in [0.1, 0.15) is 21.9 Å². The Hall–Kier alpha value is -3.31. The van der Waals surface area contributed by atoms with Crippen LogP contribution >= 0.6 is 0 Å². The Morgan fingerprint density at radius 1 is 1.25 bits per heavy atom. The van der Waals surface area contributed by atoms with Crippen LogP contribution in [0.15, 0.2) is 6.07 Å². The van der Waals surface area contributed by atoms with E-state index in [1.807, 2.05) is 0 Å². The molecule has 0 bridgehead atoms. The van der Waals surface area contributed by atoms with Crippen molar-refractivity contribution in [2.75, 3.05) is 6.54 Å². The number of carbonyl (C=O) groups is 1. The highest BCUT2D eigenvalue weighted by molar-refractivity contribution is 5.96. The Bertz CT molecular complexity index is 822. The van der Waals surface area contributed by atoms with Gasteiger partial charge in [0.1, 0.15) is 5.69 Å². The van der Waals surface area contributed by atoms with Crippen LogP contribution in [0.3, 0.4) is 0 Å². The number of amides is 1. The molecule has 1 N–H and O–H groups in total. The molecule has 0 saturated heterocycles. The van der Waals surface area contributed by atoms with Crippen molar-refractivity contribution in [3.05, 3.63) is 43.4 Å². The number of carbonyl (C=O) groups excluding carboxylic acids is 1. The molecule has 0 spiro atoms. The van der Waals surface area contributed by atoms with Crippen molar-refractivity contribution in [3.63, 3.8) is 0 Å². The number of nitro groups is 2. The first-order valence-corrected chi connectivity index (χ1v) is 6.87. The number of nitrogens with one attached hydrogen (secondary N) is 1. The van der Waals surface area contributed by atoms with Gasteiger partial charge >= 0.3 is 11.5 Å². The maximum atomic E-state index is 12.1. The van der Waals surface area contributed by atoms with Gasteiger partial charge < -0.3 is 15.4 Å². The summed E-state index contributed by atoms with van der Waals surface area (Å²) in [5.41, 5.74) is 0.211. The fraction of sp³-hybridized carbons (Fsp3) is 0.417. The molecule has 0 radical (unpaired) electrons. The van der Waals surface area contributed by atoms with Crippen LogP contribution in [0.25, 0.3) is 0 Å². The molecule has 128 valence electrons. The molecule has 0 aliphatic heterocycles. The van der Waals surface area contributed by atoms with Crippen LogP contribution in [0.4, 0.5) is 11.5 Å². The van der Waals surface area contributed by atoms with Gasteiger partial charge in [0.05, 0.1) is 28.3 Å². The second kappa shape index (κ2) is 6.44. The Morgan fingerprint density at radius 3 is 2.46 bits per heavy atom. The molecule has 1 amide bonds. The van der Waals surface area contributed by atoms with E-state index < -0.39 is 15.8 Å². The van der Waals surface area contributed by atoms with Crippen LogP contribution in [-0.4, -0.2) is 41.9 Å². The summed E-state index contributed by atoms with van der Waals surface area (Å²) in [6.45, 7) is 3.42. The largest absolute Gasteiger partial charge is 0.390 e. The van der Waals surface area contributed by atoms with Gasteiger partial charge in [0.25, 0.3) is 5.91 Å². The van der Waals surface area contributed by atoms with Gasteiger partial charge in [0.2, 0.25) is 5.69 Å². The molecule has 12 heteroatoms. The minimum absolute atomic E-state index is 0.0886. The van der Waals surface area contributed by atoms with E-state index in [1.165, 1.54) is 29.4 Å². The second-order valence-electron chi connectivity index (χ2n) is 5.04. The molecule has 0 atom stereocenters. The summed E-state index contributed by atoms with van der Waals surface area (Å²) in [5, 5.41) is 31.8. The van der Waals surface area contributed by atoms with Crippen LogP contribution in [0, 0.1) is 34.1 Å². The van der Waals surface area contributed by atoms with Gasteiger partial charge in [0, 0.05) is 13.6 Å². The maximum absolute atomic E-state index is 12.1. The molecule has 12 nitrogen and oxygen atoms in total. The third kappa shape index (κ3) is 3.21. The maximum Gasteiger partial charge on any atom is 0.390 e. The smallest absolute Gasteiger partial charge is 0.358 e. The average molecular weight is 337 g/mol. The van der Waals surface area contributed by atoms with Crippen molar-refractivity contribution in [1.29, 1.82) is 0 Å². The molecule has 24 heavy (non-hydrogen) atoms. The van der Waals surface area contributed by atoms with Gasteiger partial charge in [-0.3, -0.25) is 19.6 Å². The van der Waals surface area contributed by atoms with Crippen molar-refractivity contribution in [2.24, 2.45) is 7.05 Å². The third-order valence-electron chi connectivity index (χ3n) is 3.46. The van der Waals surface area contributed by atoms with E-state index in [0.717, 1.165) is 0 Å². The topological polar surface area (TPSA) is 151 Å². The first-order valence-electron chi connectivity index (χ1n) is 6.87. The molecule has 0 aliphatic carbocycles. The van der Waals surface area contributed by atoms with E-state index in [1.54, 1.807) is 6.92 Å².